The maximum atomic E-state index is 11.9. The molecule has 0 aromatic heterocycles. The molecule has 23 heavy (non-hydrogen) atoms. The normalized spacial score (nSPS) is 16.1. The molecule has 1 heterocycles. The zero-order valence-corrected chi connectivity index (χ0v) is 15.1. The molecule has 1 aliphatic heterocycles. The van der Waals surface area contributed by atoms with Gasteiger partial charge in [0.15, 0.2) is 11.5 Å². The number of rotatable bonds is 5. The number of halogens is 1. The Morgan fingerprint density at radius 3 is 2.65 bits per heavy atom. The summed E-state index contributed by atoms with van der Waals surface area (Å²) in [5.74, 6) is -1.12. The second-order valence-corrected chi connectivity index (χ2v) is 6.59. The van der Waals surface area contributed by atoms with E-state index in [1.54, 1.807) is 18.2 Å². The highest BCUT2D eigenvalue weighted by Gasteiger charge is 2.31. The van der Waals surface area contributed by atoms with Gasteiger partial charge in [-0.05, 0) is 58.1 Å². The number of amides is 2. The lowest BCUT2D eigenvalue weighted by Gasteiger charge is -2.14. The van der Waals surface area contributed by atoms with Gasteiger partial charge in [0.2, 0.25) is 0 Å². The molecule has 0 saturated carbocycles. The average molecular weight is 448 g/mol. The van der Waals surface area contributed by atoms with E-state index in [1.807, 2.05) is 22.6 Å². The summed E-state index contributed by atoms with van der Waals surface area (Å²) in [4.78, 5) is 35.2. The van der Waals surface area contributed by atoms with Gasteiger partial charge < -0.3 is 19.4 Å². The molecular formula is C14H11INO6S-. The number of carboxylic acids is 1. The van der Waals surface area contributed by atoms with Crippen LogP contribution in [0.1, 0.15) is 5.56 Å². The van der Waals surface area contributed by atoms with Crippen LogP contribution in [0.2, 0.25) is 0 Å². The van der Waals surface area contributed by atoms with E-state index < -0.39 is 12.6 Å². The minimum absolute atomic E-state index is 0.276. The number of aliphatic carboxylic acids is 1. The van der Waals surface area contributed by atoms with E-state index >= 15 is 0 Å². The quantitative estimate of drug-likeness (QED) is 0.492. The van der Waals surface area contributed by atoms with Crippen molar-refractivity contribution in [3.8, 4) is 11.5 Å². The molecule has 0 N–H and O–H groups in total. The van der Waals surface area contributed by atoms with E-state index in [2.05, 4.69) is 0 Å². The Balaban J connectivity index is 2.35. The Hall–Kier alpha value is -1.75. The summed E-state index contributed by atoms with van der Waals surface area (Å²) in [7, 11) is 2.83. The molecule has 1 aliphatic rings. The SMILES string of the molecule is COc1cc(/C=C2/SC(=O)N(C)C2=O)cc(I)c1OCC(=O)[O-]. The lowest BCUT2D eigenvalue weighted by molar-refractivity contribution is -0.307. The van der Waals surface area contributed by atoms with Gasteiger partial charge in [0, 0.05) is 7.05 Å². The first-order chi connectivity index (χ1) is 10.8. The van der Waals surface area contributed by atoms with Crippen molar-refractivity contribution in [2.75, 3.05) is 20.8 Å². The number of benzene rings is 1. The molecule has 122 valence electrons. The molecule has 1 saturated heterocycles. The number of thioether (sulfide) groups is 1. The van der Waals surface area contributed by atoms with E-state index in [9.17, 15) is 19.5 Å². The minimum atomic E-state index is -1.34. The van der Waals surface area contributed by atoms with Crippen LogP contribution in [0, 0.1) is 3.57 Å². The third-order valence-electron chi connectivity index (χ3n) is 2.87. The van der Waals surface area contributed by atoms with E-state index in [1.165, 1.54) is 14.2 Å². The molecular weight excluding hydrogens is 437 g/mol. The largest absolute Gasteiger partial charge is 0.546 e. The molecule has 2 amide bonds. The molecule has 0 radical (unpaired) electrons. The topological polar surface area (TPSA) is 96.0 Å². The lowest BCUT2D eigenvalue weighted by atomic mass is 10.2. The van der Waals surface area contributed by atoms with Gasteiger partial charge in [-0.1, -0.05) is 0 Å². The van der Waals surface area contributed by atoms with Crippen LogP contribution in [0.4, 0.5) is 4.79 Å². The number of likely N-dealkylation sites (N-methyl/N-ethyl adjacent to an activating group) is 1. The van der Waals surface area contributed by atoms with E-state index in [4.69, 9.17) is 9.47 Å². The second-order valence-electron chi connectivity index (χ2n) is 4.44. The number of hydrogen-bond acceptors (Lipinski definition) is 7. The molecule has 1 aromatic carbocycles. The fourth-order valence-electron chi connectivity index (χ4n) is 1.79. The van der Waals surface area contributed by atoms with Gasteiger partial charge >= 0.3 is 0 Å². The summed E-state index contributed by atoms with van der Waals surface area (Å²) in [6, 6.07) is 3.29. The zero-order valence-electron chi connectivity index (χ0n) is 12.1. The van der Waals surface area contributed by atoms with Gasteiger partial charge in [-0.3, -0.25) is 14.5 Å². The number of carbonyl (C=O) groups excluding carboxylic acids is 3. The Morgan fingerprint density at radius 1 is 1.43 bits per heavy atom. The summed E-state index contributed by atoms with van der Waals surface area (Å²) < 4.78 is 10.9. The summed E-state index contributed by atoms with van der Waals surface area (Å²) in [6.07, 6.45) is 1.57. The third-order valence-corrected chi connectivity index (χ3v) is 4.63. The van der Waals surface area contributed by atoms with Crippen molar-refractivity contribution in [3.05, 3.63) is 26.2 Å². The maximum Gasteiger partial charge on any atom is 0.293 e. The van der Waals surface area contributed by atoms with Crippen LogP contribution in [0.15, 0.2) is 17.0 Å². The Kier molecular flexibility index (Phi) is 5.52. The van der Waals surface area contributed by atoms with Gasteiger partial charge in [-0.2, -0.15) is 0 Å². The first-order valence-electron chi connectivity index (χ1n) is 6.25. The molecule has 0 atom stereocenters. The lowest BCUT2D eigenvalue weighted by Crippen LogP contribution is -2.29. The molecule has 9 heteroatoms. The molecule has 1 aromatic rings. The van der Waals surface area contributed by atoms with Crippen LogP contribution < -0.4 is 14.6 Å². The van der Waals surface area contributed by atoms with Crippen molar-refractivity contribution in [2.24, 2.45) is 0 Å². The second kappa shape index (κ2) is 7.21. The standard InChI is InChI=1S/C14H12INO6S/c1-16-13(19)10(23-14(16)20)5-7-3-8(15)12(9(4-7)21-2)22-6-11(17)18/h3-5H,6H2,1-2H3,(H,17,18)/p-1/b10-5+. The maximum absolute atomic E-state index is 11.9. The molecule has 1 fully saturated rings. The van der Waals surface area contributed by atoms with Crippen LogP contribution in [-0.4, -0.2) is 42.8 Å². The van der Waals surface area contributed by atoms with Crippen molar-refractivity contribution in [3.63, 3.8) is 0 Å². The Bertz CT molecular complexity index is 717. The van der Waals surface area contributed by atoms with E-state index in [-0.39, 0.29) is 16.9 Å². The Morgan fingerprint density at radius 2 is 2.13 bits per heavy atom. The smallest absolute Gasteiger partial charge is 0.293 e. The minimum Gasteiger partial charge on any atom is -0.546 e. The molecule has 2 rings (SSSR count). The van der Waals surface area contributed by atoms with Gasteiger partial charge in [-0.15, -0.1) is 0 Å². The fraction of sp³-hybridized carbons (Fsp3) is 0.214. The highest BCUT2D eigenvalue weighted by atomic mass is 127. The first-order valence-corrected chi connectivity index (χ1v) is 8.14. The first kappa shape index (κ1) is 17.6. The molecule has 0 aliphatic carbocycles. The predicted octanol–water partition coefficient (Wildman–Crippen LogP) is 1.09. The third kappa shape index (κ3) is 3.96. The van der Waals surface area contributed by atoms with Crippen molar-refractivity contribution < 1.29 is 29.0 Å². The van der Waals surface area contributed by atoms with Gasteiger partial charge in [-0.25, -0.2) is 0 Å². The van der Waals surface area contributed by atoms with E-state index in [0.29, 0.717) is 19.8 Å². The molecule has 0 bridgehead atoms. The highest BCUT2D eigenvalue weighted by Crippen LogP contribution is 2.36. The van der Waals surface area contributed by atoms with Crippen LogP contribution in [0.3, 0.4) is 0 Å². The molecule has 7 nitrogen and oxygen atoms in total. The number of methoxy groups -OCH3 is 1. The highest BCUT2D eigenvalue weighted by molar-refractivity contribution is 14.1. The molecule has 0 spiro atoms. The van der Waals surface area contributed by atoms with Crippen molar-refractivity contribution in [1.82, 2.24) is 4.90 Å². The number of nitrogens with zero attached hydrogens (tertiary/aromatic N) is 1. The summed E-state index contributed by atoms with van der Waals surface area (Å²) in [6.45, 7) is -0.597. The number of carbonyl (C=O) groups is 3. The number of hydrogen-bond donors (Lipinski definition) is 0. The van der Waals surface area contributed by atoms with Crippen LogP contribution >= 0.6 is 34.4 Å². The van der Waals surface area contributed by atoms with Crippen LogP contribution in [0.25, 0.3) is 6.08 Å². The van der Waals surface area contributed by atoms with Crippen molar-refractivity contribution >= 4 is 57.5 Å². The van der Waals surface area contributed by atoms with Crippen LogP contribution in [-0.2, 0) is 9.59 Å². The van der Waals surface area contributed by atoms with Gasteiger partial charge in [0.25, 0.3) is 11.1 Å². The van der Waals surface area contributed by atoms with E-state index in [0.717, 1.165) is 16.7 Å². The average Bonchev–Trinajstić information content (AvgIpc) is 2.72. The Labute approximate surface area is 149 Å². The summed E-state index contributed by atoms with van der Waals surface area (Å²) in [5.41, 5.74) is 0.631. The van der Waals surface area contributed by atoms with Gasteiger partial charge in [0.1, 0.15) is 6.61 Å². The number of ether oxygens (including phenoxy) is 2. The summed E-state index contributed by atoms with van der Waals surface area (Å²) in [5, 5.41) is 10.2. The van der Waals surface area contributed by atoms with Crippen molar-refractivity contribution in [1.29, 1.82) is 0 Å². The number of imide groups is 1. The van der Waals surface area contributed by atoms with Gasteiger partial charge in [0.05, 0.1) is 21.6 Å². The zero-order chi connectivity index (χ0) is 17.1. The van der Waals surface area contributed by atoms with Crippen molar-refractivity contribution in [2.45, 2.75) is 0 Å². The summed E-state index contributed by atoms with van der Waals surface area (Å²) >= 11 is 2.82. The monoisotopic (exact) mass is 448 g/mol. The molecule has 0 unspecified atom stereocenters. The predicted molar refractivity (Wildman–Crippen MR) is 89.9 cm³/mol. The number of carboxylic acid groups (broad SMARTS) is 1. The van der Waals surface area contributed by atoms with Crippen LogP contribution in [0.5, 0.6) is 11.5 Å². The fourth-order valence-corrected chi connectivity index (χ4v) is 3.40.